The molecule has 1 fully saturated rings. The fourth-order valence-electron chi connectivity index (χ4n) is 2.44. The monoisotopic (exact) mass is 427 g/mol. The molecule has 156 valence electrons. The molecule has 1 aromatic heterocycles. The Balaban J connectivity index is 1.47. The van der Waals surface area contributed by atoms with Crippen molar-refractivity contribution in [1.82, 2.24) is 31.1 Å². The maximum absolute atomic E-state index is 13.6. The van der Waals surface area contributed by atoms with Crippen molar-refractivity contribution in [3.05, 3.63) is 34.6 Å². The Morgan fingerprint density at radius 3 is 2.83 bits per heavy atom. The molecular weight excluding hydrogens is 409 g/mol. The van der Waals surface area contributed by atoms with Crippen LogP contribution in [-0.2, 0) is 20.9 Å². The number of nitrogens with zero attached hydrogens (tertiary/aromatic N) is 5. The van der Waals surface area contributed by atoms with Crippen LogP contribution in [0.3, 0.4) is 0 Å². The van der Waals surface area contributed by atoms with E-state index in [1.807, 2.05) is 4.90 Å². The Morgan fingerprint density at radius 2 is 2.10 bits per heavy atom. The van der Waals surface area contributed by atoms with Gasteiger partial charge in [-0.3, -0.25) is 10.2 Å². The summed E-state index contributed by atoms with van der Waals surface area (Å²) in [4.78, 5) is 26.9. The maximum atomic E-state index is 13.6. The van der Waals surface area contributed by atoms with E-state index in [1.54, 1.807) is 0 Å². The minimum absolute atomic E-state index is 0.0338. The third-order valence-corrected chi connectivity index (χ3v) is 4.49. The molecule has 0 bridgehead atoms. The van der Waals surface area contributed by atoms with Gasteiger partial charge in [-0.15, -0.1) is 9.90 Å². The highest BCUT2D eigenvalue weighted by Gasteiger charge is 2.22. The van der Waals surface area contributed by atoms with Crippen molar-refractivity contribution >= 4 is 29.5 Å². The molecule has 2 N–H and O–H groups in total. The Labute approximate surface area is 170 Å². The Bertz CT molecular complexity index is 854. The molecule has 2 heterocycles. The minimum Gasteiger partial charge on any atom is -0.443 e. The second-order valence-electron chi connectivity index (χ2n) is 6.08. The van der Waals surface area contributed by atoms with E-state index in [9.17, 15) is 14.0 Å². The third-order valence-electron chi connectivity index (χ3n) is 4.13. The molecule has 1 aliphatic heterocycles. The van der Waals surface area contributed by atoms with Crippen LogP contribution in [0.1, 0.15) is 18.5 Å². The van der Waals surface area contributed by atoms with Gasteiger partial charge in [-0.2, -0.15) is 0 Å². The first-order chi connectivity index (χ1) is 14.0. The van der Waals surface area contributed by atoms with Crippen molar-refractivity contribution in [2.45, 2.75) is 19.6 Å². The van der Waals surface area contributed by atoms with Crippen molar-refractivity contribution in [3.8, 4) is 0 Å². The van der Waals surface area contributed by atoms with Crippen LogP contribution in [0, 0.1) is 5.82 Å². The number of hydrogen-bond acceptors (Lipinski definition) is 8. The van der Waals surface area contributed by atoms with Crippen molar-refractivity contribution in [2.24, 2.45) is 0 Å². The number of anilines is 1. The number of carbonyl (C=O) groups is 2. The number of ether oxygens (including phenoxy) is 2. The lowest BCUT2D eigenvalue weighted by atomic mass is 10.2. The smallest absolute Gasteiger partial charge is 0.426 e. The number of tetrazole rings is 1. The second-order valence-corrected chi connectivity index (χ2v) is 6.48. The van der Waals surface area contributed by atoms with E-state index < -0.39 is 30.5 Å². The summed E-state index contributed by atoms with van der Waals surface area (Å²) in [6.07, 6.45) is -0.981. The first-order valence-electron chi connectivity index (χ1n) is 8.73. The summed E-state index contributed by atoms with van der Waals surface area (Å²) in [7, 11) is 0. The minimum atomic E-state index is -0.981. The van der Waals surface area contributed by atoms with Crippen LogP contribution in [0.15, 0.2) is 18.2 Å². The van der Waals surface area contributed by atoms with E-state index >= 15 is 0 Å². The van der Waals surface area contributed by atoms with Crippen molar-refractivity contribution in [2.75, 3.05) is 31.2 Å². The molecule has 1 aliphatic rings. The highest BCUT2D eigenvalue weighted by molar-refractivity contribution is 6.31. The van der Waals surface area contributed by atoms with E-state index in [1.165, 1.54) is 25.1 Å². The van der Waals surface area contributed by atoms with E-state index in [0.29, 0.717) is 32.3 Å². The molecule has 0 spiro atoms. The van der Waals surface area contributed by atoms with Gasteiger partial charge >= 0.3 is 6.09 Å². The molecule has 13 heteroatoms. The molecule has 1 saturated heterocycles. The maximum Gasteiger partial charge on any atom is 0.426 e. The molecule has 1 unspecified atom stereocenters. The molecule has 0 saturated carbocycles. The lowest BCUT2D eigenvalue weighted by molar-refractivity contribution is -0.125. The number of hydrogen-bond donors (Lipinski definition) is 2. The Hall–Kier alpha value is -2.99. The SMILES string of the molecule is CC(C(=O)NNC(=O)OCc1c(F)cccc1Cl)n1nnc(N2CCOCC2)n1. The largest absolute Gasteiger partial charge is 0.443 e. The third kappa shape index (κ3) is 5.29. The quantitative estimate of drug-likeness (QED) is 0.672. The highest BCUT2D eigenvalue weighted by atomic mass is 35.5. The normalized spacial score (nSPS) is 14.9. The molecule has 0 radical (unpaired) electrons. The molecule has 11 nitrogen and oxygen atoms in total. The number of rotatable bonds is 5. The zero-order valence-electron chi connectivity index (χ0n) is 15.5. The number of amides is 2. The van der Waals surface area contributed by atoms with Gasteiger partial charge in [0.2, 0.25) is 0 Å². The highest BCUT2D eigenvalue weighted by Crippen LogP contribution is 2.19. The second kappa shape index (κ2) is 9.47. The van der Waals surface area contributed by atoms with Gasteiger partial charge in [0.15, 0.2) is 6.04 Å². The lowest BCUT2D eigenvalue weighted by Crippen LogP contribution is -2.45. The van der Waals surface area contributed by atoms with Crippen LogP contribution in [0.4, 0.5) is 15.1 Å². The Morgan fingerprint density at radius 1 is 1.34 bits per heavy atom. The number of aromatic nitrogens is 4. The summed E-state index contributed by atoms with van der Waals surface area (Å²) in [6.45, 7) is 3.53. The summed E-state index contributed by atoms with van der Waals surface area (Å²) < 4.78 is 23.8. The van der Waals surface area contributed by atoms with E-state index in [4.69, 9.17) is 21.1 Å². The predicted molar refractivity (Wildman–Crippen MR) is 98.4 cm³/mol. The Kier molecular flexibility index (Phi) is 6.77. The number of carbonyl (C=O) groups excluding carboxylic acids is 2. The van der Waals surface area contributed by atoms with E-state index in [2.05, 4.69) is 26.3 Å². The van der Waals surface area contributed by atoms with Gasteiger partial charge in [0.05, 0.1) is 18.2 Å². The molecule has 3 rings (SSSR count). The van der Waals surface area contributed by atoms with Gasteiger partial charge in [0.1, 0.15) is 12.4 Å². The lowest BCUT2D eigenvalue weighted by Gasteiger charge is -2.24. The van der Waals surface area contributed by atoms with Crippen LogP contribution >= 0.6 is 11.6 Å². The van der Waals surface area contributed by atoms with Crippen LogP contribution < -0.4 is 15.8 Å². The molecule has 29 heavy (non-hydrogen) atoms. The summed E-state index contributed by atoms with van der Waals surface area (Å²) >= 11 is 5.85. The number of benzene rings is 1. The van der Waals surface area contributed by atoms with Crippen molar-refractivity contribution < 1.29 is 23.5 Å². The van der Waals surface area contributed by atoms with Crippen LogP contribution in [-0.4, -0.2) is 58.5 Å². The summed E-state index contributed by atoms with van der Waals surface area (Å²) in [5.74, 6) is -0.810. The first-order valence-corrected chi connectivity index (χ1v) is 9.11. The van der Waals surface area contributed by atoms with Gasteiger partial charge in [-0.05, 0) is 24.3 Å². The van der Waals surface area contributed by atoms with E-state index in [0.717, 1.165) is 4.80 Å². The fourth-order valence-corrected chi connectivity index (χ4v) is 2.65. The summed E-state index contributed by atoms with van der Waals surface area (Å²) in [5, 5.41) is 12.1. The molecule has 2 aromatic rings. The standard InChI is InChI=1S/C16H19ClFN7O4/c1-10(25-22-15(20-23-25)24-5-7-28-8-6-24)14(26)19-21-16(27)29-9-11-12(17)3-2-4-13(11)18/h2-4,10H,5-9H2,1H3,(H,19,26)(H,21,27). The van der Waals surface area contributed by atoms with E-state index in [-0.39, 0.29) is 10.6 Å². The van der Waals surface area contributed by atoms with Gasteiger partial charge < -0.3 is 14.4 Å². The molecule has 1 atom stereocenters. The van der Waals surface area contributed by atoms with Gasteiger partial charge in [0, 0.05) is 18.7 Å². The van der Waals surface area contributed by atoms with Gasteiger partial charge in [-0.1, -0.05) is 22.8 Å². The first kappa shape index (κ1) is 20.7. The van der Waals surface area contributed by atoms with Crippen LogP contribution in [0.2, 0.25) is 5.02 Å². The topological polar surface area (TPSA) is 124 Å². The molecule has 0 aliphatic carbocycles. The molecule has 1 aromatic carbocycles. The fraction of sp³-hybridized carbons (Fsp3) is 0.438. The summed E-state index contributed by atoms with van der Waals surface area (Å²) in [5.41, 5.74) is 4.29. The molecule has 2 amide bonds. The zero-order chi connectivity index (χ0) is 20.8. The van der Waals surface area contributed by atoms with Gasteiger partial charge in [-0.25, -0.2) is 14.6 Å². The number of hydrazine groups is 1. The number of halogens is 2. The average molecular weight is 428 g/mol. The van der Waals surface area contributed by atoms with Crippen molar-refractivity contribution in [1.29, 1.82) is 0 Å². The number of nitrogens with one attached hydrogen (secondary N) is 2. The summed E-state index contributed by atoms with van der Waals surface area (Å²) in [6, 6.07) is 3.26. The van der Waals surface area contributed by atoms with Gasteiger partial charge in [0.25, 0.3) is 11.9 Å². The van der Waals surface area contributed by atoms with Crippen LogP contribution in [0.5, 0.6) is 0 Å². The zero-order valence-corrected chi connectivity index (χ0v) is 16.2. The van der Waals surface area contributed by atoms with Crippen LogP contribution in [0.25, 0.3) is 0 Å². The predicted octanol–water partition coefficient (Wildman–Crippen LogP) is 0.821. The van der Waals surface area contributed by atoms with Crippen molar-refractivity contribution in [3.63, 3.8) is 0 Å². The average Bonchev–Trinajstić information content (AvgIpc) is 3.22. The number of morpholine rings is 1. The molecular formula is C16H19ClFN7O4.